The highest BCUT2D eigenvalue weighted by molar-refractivity contribution is 6.34. The molecule has 0 spiro atoms. The van der Waals surface area contributed by atoms with Crippen molar-refractivity contribution in [3.63, 3.8) is 0 Å². The third-order valence-electron chi connectivity index (χ3n) is 4.06. The third-order valence-corrected chi connectivity index (χ3v) is 4.06. The van der Waals surface area contributed by atoms with E-state index in [2.05, 4.69) is 4.98 Å². The van der Waals surface area contributed by atoms with Crippen LogP contribution in [-0.2, 0) is 0 Å². The lowest BCUT2D eigenvalue weighted by atomic mass is 10.1. The lowest BCUT2D eigenvalue weighted by Crippen LogP contribution is -2.30. The summed E-state index contributed by atoms with van der Waals surface area (Å²) in [5, 5.41) is 0. The molecule has 0 saturated heterocycles. The van der Waals surface area contributed by atoms with Gasteiger partial charge in [-0.3, -0.25) is 9.59 Å². The highest BCUT2D eigenvalue weighted by atomic mass is 19.1. The number of imidazole rings is 1. The van der Waals surface area contributed by atoms with E-state index in [0.717, 1.165) is 4.90 Å². The Morgan fingerprint density at radius 2 is 1.62 bits per heavy atom. The fourth-order valence-electron chi connectivity index (χ4n) is 2.92. The Morgan fingerprint density at radius 3 is 2.21 bits per heavy atom. The van der Waals surface area contributed by atoms with Gasteiger partial charge in [0.2, 0.25) is 0 Å². The number of hydrogen-bond donors (Lipinski definition) is 0. The van der Waals surface area contributed by atoms with Crippen LogP contribution in [0, 0.1) is 12.7 Å². The number of fused-ring (bicyclic) bond motifs is 1. The first-order valence-electron chi connectivity index (χ1n) is 7.35. The SMILES string of the molecule is Cc1nccn1-c1ccc(F)cc1N1C(=O)c2ccccc2C1=O. The van der Waals surface area contributed by atoms with Gasteiger partial charge in [0.05, 0.1) is 22.5 Å². The molecule has 1 aromatic heterocycles. The third kappa shape index (κ3) is 1.96. The van der Waals surface area contributed by atoms with Crippen LogP contribution in [0.4, 0.5) is 10.1 Å². The Morgan fingerprint density at radius 1 is 0.958 bits per heavy atom. The molecule has 2 amide bonds. The monoisotopic (exact) mass is 321 g/mol. The summed E-state index contributed by atoms with van der Waals surface area (Å²) in [6.07, 6.45) is 3.30. The summed E-state index contributed by atoms with van der Waals surface area (Å²) in [6, 6.07) is 10.6. The van der Waals surface area contributed by atoms with Gasteiger partial charge in [-0.25, -0.2) is 14.3 Å². The number of anilines is 1. The van der Waals surface area contributed by atoms with Crippen LogP contribution in [0.3, 0.4) is 0 Å². The minimum Gasteiger partial charge on any atom is -0.302 e. The van der Waals surface area contributed by atoms with Crippen molar-refractivity contribution in [2.75, 3.05) is 4.90 Å². The second kappa shape index (κ2) is 5.13. The minimum atomic E-state index is -0.525. The Balaban J connectivity index is 1.92. The zero-order valence-corrected chi connectivity index (χ0v) is 12.7. The fraction of sp³-hybridized carbons (Fsp3) is 0.0556. The number of rotatable bonds is 2. The average molecular weight is 321 g/mol. The number of benzene rings is 2. The smallest absolute Gasteiger partial charge is 0.266 e. The van der Waals surface area contributed by atoms with Crippen molar-refractivity contribution in [1.29, 1.82) is 0 Å². The van der Waals surface area contributed by atoms with Gasteiger partial charge in [0.1, 0.15) is 11.6 Å². The molecule has 1 aliphatic heterocycles. The Hall–Kier alpha value is -3.28. The van der Waals surface area contributed by atoms with Gasteiger partial charge in [0, 0.05) is 18.5 Å². The van der Waals surface area contributed by atoms with E-state index in [0.29, 0.717) is 22.6 Å². The fourth-order valence-corrected chi connectivity index (χ4v) is 2.92. The van der Waals surface area contributed by atoms with Crippen LogP contribution in [0.25, 0.3) is 5.69 Å². The summed E-state index contributed by atoms with van der Waals surface area (Å²) in [7, 11) is 0. The number of carbonyl (C=O) groups excluding carboxylic acids is 2. The molecule has 0 N–H and O–H groups in total. The van der Waals surface area contributed by atoms with Gasteiger partial charge in [0.25, 0.3) is 11.8 Å². The number of amides is 2. The number of hydrogen-bond acceptors (Lipinski definition) is 3. The lowest BCUT2D eigenvalue weighted by Gasteiger charge is -2.19. The number of aryl methyl sites for hydroxylation is 1. The molecule has 0 radical (unpaired) electrons. The molecule has 0 atom stereocenters. The van der Waals surface area contributed by atoms with Crippen molar-refractivity contribution in [3.8, 4) is 5.69 Å². The van der Waals surface area contributed by atoms with Crippen LogP contribution in [0.5, 0.6) is 0 Å². The van der Waals surface area contributed by atoms with E-state index in [4.69, 9.17) is 0 Å². The highest BCUT2D eigenvalue weighted by Gasteiger charge is 2.37. The summed E-state index contributed by atoms with van der Waals surface area (Å²) >= 11 is 0. The first-order valence-corrected chi connectivity index (χ1v) is 7.35. The van der Waals surface area contributed by atoms with E-state index in [1.165, 1.54) is 18.2 Å². The largest absolute Gasteiger partial charge is 0.302 e. The zero-order valence-electron chi connectivity index (χ0n) is 12.7. The van der Waals surface area contributed by atoms with Gasteiger partial charge in [-0.05, 0) is 31.2 Å². The van der Waals surface area contributed by atoms with Gasteiger partial charge < -0.3 is 4.57 Å². The number of aromatic nitrogens is 2. The van der Waals surface area contributed by atoms with Gasteiger partial charge in [-0.2, -0.15) is 0 Å². The van der Waals surface area contributed by atoms with Gasteiger partial charge in [-0.15, -0.1) is 0 Å². The van der Waals surface area contributed by atoms with Crippen LogP contribution >= 0.6 is 0 Å². The van der Waals surface area contributed by atoms with E-state index in [-0.39, 0.29) is 5.69 Å². The van der Waals surface area contributed by atoms with Gasteiger partial charge in [-0.1, -0.05) is 12.1 Å². The normalized spacial score (nSPS) is 13.5. The number of carbonyl (C=O) groups is 2. The van der Waals surface area contributed by atoms with Crippen molar-refractivity contribution in [1.82, 2.24) is 9.55 Å². The summed E-state index contributed by atoms with van der Waals surface area (Å²) < 4.78 is 15.6. The van der Waals surface area contributed by atoms with E-state index in [1.54, 1.807) is 48.1 Å². The molecule has 1 aliphatic rings. The number of halogens is 1. The van der Waals surface area contributed by atoms with Crippen molar-refractivity contribution in [2.24, 2.45) is 0 Å². The Kier molecular flexibility index (Phi) is 3.06. The molecule has 0 bridgehead atoms. The maximum absolute atomic E-state index is 13.9. The maximum atomic E-state index is 13.9. The van der Waals surface area contributed by atoms with Crippen LogP contribution in [0.1, 0.15) is 26.5 Å². The molecule has 0 fully saturated rings. The molecular weight excluding hydrogens is 309 g/mol. The van der Waals surface area contributed by atoms with E-state index in [9.17, 15) is 14.0 Å². The second-order valence-corrected chi connectivity index (χ2v) is 5.47. The first-order chi connectivity index (χ1) is 11.6. The second-order valence-electron chi connectivity index (χ2n) is 5.47. The predicted molar refractivity (Wildman–Crippen MR) is 85.8 cm³/mol. The van der Waals surface area contributed by atoms with Crippen molar-refractivity contribution < 1.29 is 14.0 Å². The first kappa shape index (κ1) is 14.3. The topological polar surface area (TPSA) is 55.2 Å². The molecule has 24 heavy (non-hydrogen) atoms. The van der Waals surface area contributed by atoms with Gasteiger partial charge in [0.15, 0.2) is 0 Å². The van der Waals surface area contributed by atoms with Crippen molar-refractivity contribution >= 4 is 17.5 Å². The molecule has 118 valence electrons. The molecule has 3 aromatic rings. The molecule has 4 rings (SSSR count). The van der Waals surface area contributed by atoms with Crippen molar-refractivity contribution in [3.05, 3.63) is 77.6 Å². The van der Waals surface area contributed by atoms with E-state index in [1.807, 2.05) is 0 Å². The Labute approximate surface area is 137 Å². The van der Waals surface area contributed by atoms with Crippen LogP contribution < -0.4 is 4.90 Å². The summed E-state index contributed by atoms with van der Waals surface area (Å²) in [5.74, 6) is -0.775. The molecule has 6 heteroatoms. The summed E-state index contributed by atoms with van der Waals surface area (Å²) in [4.78, 5) is 30.5. The quantitative estimate of drug-likeness (QED) is 0.682. The number of nitrogens with zero attached hydrogens (tertiary/aromatic N) is 3. The summed E-state index contributed by atoms with van der Waals surface area (Å²) in [5.41, 5.74) is 1.35. The van der Waals surface area contributed by atoms with Gasteiger partial charge >= 0.3 is 0 Å². The molecule has 2 aromatic carbocycles. The standard InChI is InChI=1S/C18H12FN3O2/c1-11-20-8-9-21(11)15-7-6-12(19)10-16(15)22-17(23)13-4-2-3-5-14(13)18(22)24/h2-10H,1H3. The van der Waals surface area contributed by atoms with Crippen molar-refractivity contribution in [2.45, 2.75) is 6.92 Å². The minimum absolute atomic E-state index is 0.197. The molecular formula is C18H12FN3O2. The molecule has 0 saturated carbocycles. The number of imide groups is 1. The predicted octanol–water partition coefficient (Wildman–Crippen LogP) is 3.12. The lowest BCUT2D eigenvalue weighted by molar-refractivity contribution is 0.0926. The molecule has 0 aliphatic carbocycles. The summed E-state index contributed by atoms with van der Waals surface area (Å²) in [6.45, 7) is 1.79. The van der Waals surface area contributed by atoms with Crippen LogP contribution in [0.2, 0.25) is 0 Å². The van der Waals surface area contributed by atoms with Crippen LogP contribution in [0.15, 0.2) is 54.9 Å². The highest BCUT2D eigenvalue weighted by Crippen LogP contribution is 2.33. The van der Waals surface area contributed by atoms with E-state index >= 15 is 0 Å². The maximum Gasteiger partial charge on any atom is 0.266 e. The molecule has 0 unspecified atom stereocenters. The van der Waals surface area contributed by atoms with Crippen LogP contribution in [-0.4, -0.2) is 21.4 Å². The molecule has 2 heterocycles. The zero-order chi connectivity index (χ0) is 16.8. The average Bonchev–Trinajstić information content (AvgIpc) is 3.10. The van der Waals surface area contributed by atoms with E-state index < -0.39 is 17.6 Å². The Bertz CT molecular complexity index is 958. The molecule has 5 nitrogen and oxygen atoms in total.